The molecule has 0 radical (unpaired) electrons. The third-order valence-electron chi connectivity index (χ3n) is 5.33. The molecule has 0 aromatic carbocycles. The Hall–Kier alpha value is -0.610. The number of piperidine rings is 1. The number of carbonyl (C=O) groups is 1. The zero-order valence-electron chi connectivity index (χ0n) is 12.5. The minimum Gasteiger partial charge on any atom is -0.480 e. The third kappa shape index (κ3) is 2.95. The van der Waals surface area contributed by atoms with E-state index >= 15 is 0 Å². The Balaban J connectivity index is 2.02. The highest BCUT2D eigenvalue weighted by Gasteiger charge is 2.40. The molecule has 0 amide bonds. The SMILES string of the molecule is CNC(C)(CC(C)N1CCCC2CCCC21)C(=O)O. The van der Waals surface area contributed by atoms with E-state index in [-0.39, 0.29) is 0 Å². The molecule has 1 aliphatic heterocycles. The number of rotatable bonds is 5. The topological polar surface area (TPSA) is 52.6 Å². The van der Waals surface area contributed by atoms with Gasteiger partial charge in [0.25, 0.3) is 0 Å². The molecule has 0 aromatic heterocycles. The molecule has 0 aromatic rings. The van der Waals surface area contributed by atoms with Crippen molar-refractivity contribution in [3.05, 3.63) is 0 Å². The van der Waals surface area contributed by atoms with E-state index in [9.17, 15) is 9.90 Å². The van der Waals surface area contributed by atoms with Crippen LogP contribution in [0, 0.1) is 5.92 Å². The van der Waals surface area contributed by atoms with Crippen LogP contribution in [0.3, 0.4) is 0 Å². The Morgan fingerprint density at radius 3 is 2.74 bits per heavy atom. The van der Waals surface area contributed by atoms with Crippen LogP contribution >= 0.6 is 0 Å². The molecular weight excluding hydrogens is 240 g/mol. The highest BCUT2D eigenvalue weighted by atomic mass is 16.4. The van der Waals surface area contributed by atoms with Gasteiger partial charge in [-0.05, 0) is 65.5 Å². The summed E-state index contributed by atoms with van der Waals surface area (Å²) in [6.45, 7) is 5.13. The Morgan fingerprint density at radius 2 is 2.11 bits per heavy atom. The van der Waals surface area contributed by atoms with Gasteiger partial charge in [-0.1, -0.05) is 6.42 Å². The Bertz CT molecular complexity index is 334. The predicted octanol–water partition coefficient (Wildman–Crippen LogP) is 2.09. The van der Waals surface area contributed by atoms with Gasteiger partial charge in [-0.15, -0.1) is 0 Å². The lowest BCUT2D eigenvalue weighted by molar-refractivity contribution is -0.145. The first-order chi connectivity index (χ1) is 8.98. The number of nitrogens with one attached hydrogen (secondary N) is 1. The summed E-state index contributed by atoms with van der Waals surface area (Å²) < 4.78 is 0. The van der Waals surface area contributed by atoms with Crippen molar-refractivity contribution < 1.29 is 9.90 Å². The highest BCUT2D eigenvalue weighted by Crippen LogP contribution is 2.38. The van der Waals surface area contributed by atoms with Crippen molar-refractivity contribution >= 4 is 5.97 Å². The molecule has 1 aliphatic carbocycles. The van der Waals surface area contributed by atoms with Crippen LogP contribution in [0.25, 0.3) is 0 Å². The summed E-state index contributed by atoms with van der Waals surface area (Å²) >= 11 is 0. The van der Waals surface area contributed by atoms with Crippen LogP contribution in [0.15, 0.2) is 0 Å². The zero-order valence-corrected chi connectivity index (χ0v) is 12.5. The van der Waals surface area contributed by atoms with Gasteiger partial charge in [-0.2, -0.15) is 0 Å². The maximum Gasteiger partial charge on any atom is 0.323 e. The van der Waals surface area contributed by atoms with Crippen molar-refractivity contribution in [1.82, 2.24) is 10.2 Å². The van der Waals surface area contributed by atoms with Gasteiger partial charge >= 0.3 is 5.97 Å². The molecule has 2 fully saturated rings. The van der Waals surface area contributed by atoms with E-state index < -0.39 is 11.5 Å². The molecule has 2 rings (SSSR count). The van der Waals surface area contributed by atoms with Crippen LogP contribution < -0.4 is 5.32 Å². The summed E-state index contributed by atoms with van der Waals surface area (Å²) in [5.41, 5.74) is -0.815. The number of fused-ring (bicyclic) bond motifs is 1. The van der Waals surface area contributed by atoms with Gasteiger partial charge in [0.2, 0.25) is 0 Å². The second-order valence-corrected chi connectivity index (χ2v) is 6.58. The Morgan fingerprint density at radius 1 is 1.42 bits per heavy atom. The molecule has 2 N–H and O–H groups in total. The van der Waals surface area contributed by atoms with Gasteiger partial charge in [0.15, 0.2) is 0 Å². The van der Waals surface area contributed by atoms with Gasteiger partial charge < -0.3 is 10.4 Å². The number of likely N-dealkylation sites (tertiary alicyclic amines) is 1. The van der Waals surface area contributed by atoms with Crippen molar-refractivity contribution in [3.8, 4) is 0 Å². The molecule has 19 heavy (non-hydrogen) atoms. The molecular formula is C15H28N2O2. The summed E-state index contributed by atoms with van der Waals surface area (Å²) in [6, 6.07) is 1.04. The van der Waals surface area contributed by atoms with Crippen LogP contribution in [0.1, 0.15) is 52.4 Å². The van der Waals surface area contributed by atoms with E-state index in [0.29, 0.717) is 18.5 Å². The number of nitrogens with zero attached hydrogens (tertiary/aromatic N) is 1. The molecule has 4 nitrogen and oxygen atoms in total. The van der Waals surface area contributed by atoms with Crippen molar-refractivity contribution in [3.63, 3.8) is 0 Å². The monoisotopic (exact) mass is 268 g/mol. The minimum atomic E-state index is -0.815. The van der Waals surface area contributed by atoms with Gasteiger partial charge in [-0.3, -0.25) is 9.69 Å². The third-order valence-corrected chi connectivity index (χ3v) is 5.33. The van der Waals surface area contributed by atoms with Crippen molar-refractivity contribution in [2.24, 2.45) is 5.92 Å². The second-order valence-electron chi connectivity index (χ2n) is 6.58. The van der Waals surface area contributed by atoms with Crippen LogP contribution in [0.4, 0.5) is 0 Å². The Kier molecular flexibility index (Phi) is 4.51. The van der Waals surface area contributed by atoms with E-state index in [0.717, 1.165) is 12.5 Å². The summed E-state index contributed by atoms with van der Waals surface area (Å²) in [5, 5.41) is 12.4. The maximum absolute atomic E-state index is 11.4. The normalized spacial score (nSPS) is 32.6. The standard InChI is InChI=1S/C15H28N2O2/c1-11(10-15(2,16-3)14(18)19)17-9-5-7-12-6-4-8-13(12)17/h11-13,16H,4-10H2,1-3H3,(H,18,19). The lowest BCUT2D eigenvalue weighted by atomic mass is 9.87. The van der Waals surface area contributed by atoms with Crippen molar-refractivity contribution in [2.45, 2.75) is 70.0 Å². The largest absolute Gasteiger partial charge is 0.480 e. The van der Waals surface area contributed by atoms with Crippen molar-refractivity contribution in [2.75, 3.05) is 13.6 Å². The molecule has 4 atom stereocenters. The highest BCUT2D eigenvalue weighted by molar-refractivity contribution is 5.78. The lowest BCUT2D eigenvalue weighted by Crippen LogP contribution is -2.55. The predicted molar refractivity (Wildman–Crippen MR) is 76.2 cm³/mol. The molecule has 2 aliphatic rings. The number of carboxylic acids is 1. The van der Waals surface area contributed by atoms with E-state index in [1.165, 1.54) is 32.1 Å². The van der Waals surface area contributed by atoms with Crippen LogP contribution in [-0.2, 0) is 4.79 Å². The molecule has 1 saturated carbocycles. The zero-order chi connectivity index (χ0) is 14.0. The first-order valence-electron chi connectivity index (χ1n) is 7.66. The van der Waals surface area contributed by atoms with Gasteiger partial charge in [0.05, 0.1) is 0 Å². The summed E-state index contributed by atoms with van der Waals surface area (Å²) in [4.78, 5) is 14.0. The molecule has 4 heteroatoms. The first-order valence-corrected chi connectivity index (χ1v) is 7.66. The molecule has 4 unspecified atom stereocenters. The molecule has 1 saturated heterocycles. The fourth-order valence-electron chi connectivity index (χ4n) is 4.04. The van der Waals surface area contributed by atoms with Gasteiger partial charge in [0, 0.05) is 12.1 Å². The summed E-state index contributed by atoms with van der Waals surface area (Å²) in [5.74, 6) is 0.115. The number of aliphatic carboxylic acids is 1. The fraction of sp³-hybridized carbons (Fsp3) is 0.933. The number of hydrogen-bond donors (Lipinski definition) is 2. The van der Waals surface area contributed by atoms with Crippen molar-refractivity contribution in [1.29, 1.82) is 0 Å². The average molecular weight is 268 g/mol. The number of hydrogen-bond acceptors (Lipinski definition) is 3. The lowest BCUT2D eigenvalue weighted by Gasteiger charge is -2.43. The number of carboxylic acid groups (broad SMARTS) is 1. The molecule has 1 heterocycles. The average Bonchev–Trinajstić information content (AvgIpc) is 2.86. The first kappa shape index (κ1) is 14.8. The summed E-state index contributed by atoms with van der Waals surface area (Å²) in [6.07, 6.45) is 7.34. The van der Waals surface area contributed by atoms with E-state index in [4.69, 9.17) is 0 Å². The summed E-state index contributed by atoms with van der Waals surface area (Å²) in [7, 11) is 1.75. The maximum atomic E-state index is 11.4. The number of likely N-dealkylation sites (N-methyl/N-ethyl adjacent to an activating group) is 1. The van der Waals surface area contributed by atoms with E-state index in [1.807, 2.05) is 0 Å². The smallest absolute Gasteiger partial charge is 0.323 e. The molecule has 110 valence electrons. The van der Waals surface area contributed by atoms with Gasteiger partial charge in [-0.25, -0.2) is 0 Å². The van der Waals surface area contributed by atoms with E-state index in [2.05, 4.69) is 17.1 Å². The Labute approximate surface area is 116 Å². The van der Waals surface area contributed by atoms with Crippen LogP contribution in [0.2, 0.25) is 0 Å². The minimum absolute atomic E-state index is 0.333. The second kappa shape index (κ2) is 5.80. The quantitative estimate of drug-likeness (QED) is 0.801. The van der Waals surface area contributed by atoms with Crippen LogP contribution in [0.5, 0.6) is 0 Å². The molecule has 0 spiro atoms. The van der Waals surface area contributed by atoms with E-state index in [1.54, 1.807) is 14.0 Å². The van der Waals surface area contributed by atoms with Gasteiger partial charge in [0.1, 0.15) is 5.54 Å². The molecule has 0 bridgehead atoms. The van der Waals surface area contributed by atoms with Crippen LogP contribution in [-0.4, -0.2) is 47.2 Å². The fourth-order valence-corrected chi connectivity index (χ4v) is 4.04.